The van der Waals surface area contributed by atoms with Crippen molar-refractivity contribution in [3.05, 3.63) is 17.8 Å². The number of rotatable bonds is 6. The van der Waals surface area contributed by atoms with E-state index in [9.17, 15) is 4.79 Å². The van der Waals surface area contributed by atoms with Gasteiger partial charge in [-0.3, -0.25) is 0 Å². The van der Waals surface area contributed by atoms with E-state index in [-0.39, 0.29) is 5.69 Å². The topological polar surface area (TPSA) is 60.9 Å². The zero-order valence-corrected chi connectivity index (χ0v) is 16.4. The third-order valence-electron chi connectivity index (χ3n) is 5.00. The van der Waals surface area contributed by atoms with Gasteiger partial charge in [0.2, 0.25) is 0 Å². The van der Waals surface area contributed by atoms with Crippen LogP contribution in [0.4, 0.5) is 5.82 Å². The summed E-state index contributed by atoms with van der Waals surface area (Å²) in [5.41, 5.74) is -0.127. The Morgan fingerprint density at radius 1 is 1.20 bits per heavy atom. The molecular formula is C18H29BN2O4. The second-order valence-electron chi connectivity index (χ2n) is 7.27. The molecule has 6 nitrogen and oxygen atoms in total. The molecule has 0 atom stereocenters. The number of carbonyl (C=O) groups is 1. The van der Waals surface area contributed by atoms with Crippen molar-refractivity contribution in [1.29, 1.82) is 0 Å². The molecular weight excluding hydrogens is 319 g/mol. The van der Waals surface area contributed by atoms with Crippen LogP contribution < -0.4 is 10.4 Å². The van der Waals surface area contributed by atoms with Crippen molar-refractivity contribution >= 4 is 24.4 Å². The molecule has 7 heteroatoms. The van der Waals surface area contributed by atoms with Gasteiger partial charge in [0.15, 0.2) is 5.69 Å². The van der Waals surface area contributed by atoms with Crippen LogP contribution in [0.15, 0.2) is 12.1 Å². The van der Waals surface area contributed by atoms with E-state index in [0.717, 1.165) is 25.3 Å². The van der Waals surface area contributed by atoms with E-state index in [1.54, 1.807) is 0 Å². The first-order valence-electron chi connectivity index (χ1n) is 8.86. The quantitative estimate of drug-likeness (QED) is 0.581. The lowest BCUT2D eigenvalue weighted by Crippen LogP contribution is -2.41. The fraction of sp³-hybridized carbons (Fsp3) is 0.667. The summed E-state index contributed by atoms with van der Waals surface area (Å²) in [4.78, 5) is 19.0. The number of aromatic nitrogens is 1. The standard InChI is InChI=1S/C18H29BN2O4/c1-8-12-21(9-2)14-11-10-13(15(20-14)16(22)23-7)19-24-17(3,4)18(5,6)25-19/h10-11H,8-9,12H2,1-7H3. The second-order valence-corrected chi connectivity index (χ2v) is 7.27. The SMILES string of the molecule is CCCN(CC)c1ccc(B2OC(C)(C)C(C)(C)O2)c(C(=O)OC)n1. The number of pyridine rings is 1. The van der Waals surface area contributed by atoms with Crippen LogP contribution >= 0.6 is 0 Å². The summed E-state index contributed by atoms with van der Waals surface area (Å²) in [6.45, 7) is 13.8. The van der Waals surface area contributed by atoms with Crippen LogP contribution in [-0.2, 0) is 14.0 Å². The number of hydrogen-bond donors (Lipinski definition) is 0. The summed E-state index contributed by atoms with van der Waals surface area (Å²) in [6, 6.07) is 3.76. The molecule has 0 saturated carbocycles. The molecule has 0 unspecified atom stereocenters. The fourth-order valence-electron chi connectivity index (χ4n) is 2.76. The first kappa shape index (κ1) is 19.7. The maximum atomic E-state index is 12.3. The van der Waals surface area contributed by atoms with E-state index in [4.69, 9.17) is 14.0 Å². The molecule has 25 heavy (non-hydrogen) atoms. The molecule has 0 bridgehead atoms. The summed E-state index contributed by atoms with van der Waals surface area (Å²) >= 11 is 0. The van der Waals surface area contributed by atoms with E-state index < -0.39 is 24.3 Å². The van der Waals surface area contributed by atoms with E-state index in [0.29, 0.717) is 5.46 Å². The van der Waals surface area contributed by atoms with Crippen molar-refractivity contribution in [2.75, 3.05) is 25.1 Å². The van der Waals surface area contributed by atoms with Crippen molar-refractivity contribution < 1.29 is 18.8 Å². The number of ether oxygens (including phenoxy) is 1. The van der Waals surface area contributed by atoms with Gasteiger partial charge in [0.1, 0.15) is 5.82 Å². The highest BCUT2D eigenvalue weighted by atomic mass is 16.7. The molecule has 1 aromatic rings. The minimum Gasteiger partial charge on any atom is -0.464 e. The Balaban J connectivity index is 2.43. The Morgan fingerprint density at radius 2 is 1.80 bits per heavy atom. The monoisotopic (exact) mass is 348 g/mol. The average Bonchev–Trinajstić information content (AvgIpc) is 2.79. The van der Waals surface area contributed by atoms with E-state index in [1.165, 1.54) is 7.11 Å². The fourth-order valence-corrected chi connectivity index (χ4v) is 2.76. The molecule has 1 fully saturated rings. The van der Waals surface area contributed by atoms with Crippen LogP contribution in [0.3, 0.4) is 0 Å². The third kappa shape index (κ3) is 3.82. The van der Waals surface area contributed by atoms with Crippen molar-refractivity contribution in [3.63, 3.8) is 0 Å². The Labute approximate surface area is 151 Å². The predicted molar refractivity (Wildman–Crippen MR) is 99.5 cm³/mol. The molecule has 1 aromatic heterocycles. The zero-order valence-electron chi connectivity index (χ0n) is 16.4. The molecule has 0 aromatic carbocycles. The molecule has 1 aliphatic rings. The molecule has 1 aliphatic heterocycles. The number of nitrogens with zero attached hydrogens (tertiary/aromatic N) is 2. The molecule has 1 saturated heterocycles. The van der Waals surface area contributed by atoms with Gasteiger partial charge in [-0.2, -0.15) is 0 Å². The predicted octanol–water partition coefficient (Wildman–Crippen LogP) is 2.40. The largest absolute Gasteiger partial charge is 0.497 e. The van der Waals surface area contributed by atoms with E-state index in [1.807, 2.05) is 39.8 Å². The van der Waals surface area contributed by atoms with Crippen LogP contribution in [0.25, 0.3) is 0 Å². The van der Waals surface area contributed by atoms with Gasteiger partial charge in [-0.15, -0.1) is 0 Å². The van der Waals surface area contributed by atoms with Gasteiger partial charge in [0.25, 0.3) is 0 Å². The third-order valence-corrected chi connectivity index (χ3v) is 5.00. The Hall–Kier alpha value is -1.60. The van der Waals surface area contributed by atoms with Crippen molar-refractivity contribution in [3.8, 4) is 0 Å². The number of methoxy groups -OCH3 is 1. The lowest BCUT2D eigenvalue weighted by Gasteiger charge is -2.32. The van der Waals surface area contributed by atoms with Gasteiger partial charge in [-0.1, -0.05) is 13.0 Å². The first-order chi connectivity index (χ1) is 11.7. The zero-order chi connectivity index (χ0) is 18.8. The second kappa shape index (κ2) is 7.34. The number of hydrogen-bond acceptors (Lipinski definition) is 6. The normalized spacial score (nSPS) is 18.3. The molecule has 138 valence electrons. The summed E-state index contributed by atoms with van der Waals surface area (Å²) in [5.74, 6) is 0.268. The smallest absolute Gasteiger partial charge is 0.464 e. The van der Waals surface area contributed by atoms with Gasteiger partial charge < -0.3 is 18.9 Å². The molecule has 2 rings (SSSR count). The van der Waals surface area contributed by atoms with Crippen LogP contribution in [0.5, 0.6) is 0 Å². The number of carbonyl (C=O) groups excluding carboxylic acids is 1. The number of esters is 1. The van der Waals surface area contributed by atoms with Gasteiger partial charge in [0.05, 0.1) is 18.3 Å². The lowest BCUT2D eigenvalue weighted by molar-refractivity contribution is 0.00578. The van der Waals surface area contributed by atoms with Crippen molar-refractivity contribution in [1.82, 2.24) is 4.98 Å². The Morgan fingerprint density at radius 3 is 2.28 bits per heavy atom. The van der Waals surface area contributed by atoms with Crippen LogP contribution in [0.1, 0.15) is 58.5 Å². The van der Waals surface area contributed by atoms with Crippen molar-refractivity contribution in [2.24, 2.45) is 0 Å². The molecule has 2 heterocycles. The molecule has 0 spiro atoms. The minimum atomic E-state index is -0.651. The maximum Gasteiger partial charge on any atom is 0.497 e. The van der Waals surface area contributed by atoms with Crippen LogP contribution in [0, 0.1) is 0 Å². The molecule has 0 N–H and O–H groups in total. The lowest BCUT2D eigenvalue weighted by atomic mass is 9.77. The highest BCUT2D eigenvalue weighted by molar-refractivity contribution is 6.63. The first-order valence-corrected chi connectivity index (χ1v) is 8.86. The molecule has 0 aliphatic carbocycles. The average molecular weight is 348 g/mol. The Bertz CT molecular complexity index is 618. The number of anilines is 1. The summed E-state index contributed by atoms with van der Waals surface area (Å²) in [7, 11) is 0.704. The van der Waals surface area contributed by atoms with Gasteiger partial charge >= 0.3 is 13.1 Å². The van der Waals surface area contributed by atoms with Crippen LogP contribution in [-0.4, -0.2) is 49.5 Å². The molecule has 0 amide bonds. The summed E-state index contributed by atoms with van der Waals surface area (Å²) in [5, 5.41) is 0. The van der Waals surface area contributed by atoms with Gasteiger partial charge in [-0.25, -0.2) is 9.78 Å². The van der Waals surface area contributed by atoms with Crippen molar-refractivity contribution in [2.45, 2.75) is 59.2 Å². The maximum absolute atomic E-state index is 12.3. The van der Waals surface area contributed by atoms with Crippen LogP contribution in [0.2, 0.25) is 0 Å². The Kier molecular flexibility index (Phi) is 5.79. The van der Waals surface area contributed by atoms with Gasteiger partial charge in [-0.05, 0) is 47.1 Å². The minimum absolute atomic E-state index is 0.244. The molecule has 0 radical (unpaired) electrons. The highest BCUT2D eigenvalue weighted by Crippen LogP contribution is 2.36. The van der Waals surface area contributed by atoms with E-state index >= 15 is 0 Å². The summed E-state index contributed by atoms with van der Waals surface area (Å²) < 4.78 is 17.1. The van der Waals surface area contributed by atoms with E-state index in [2.05, 4.69) is 23.7 Å². The highest BCUT2D eigenvalue weighted by Gasteiger charge is 2.52. The van der Waals surface area contributed by atoms with Gasteiger partial charge in [0, 0.05) is 18.6 Å². The summed E-state index contributed by atoms with van der Waals surface area (Å²) in [6.07, 6.45) is 1.00.